The van der Waals surface area contributed by atoms with Gasteiger partial charge in [0.15, 0.2) is 0 Å². The van der Waals surface area contributed by atoms with Crippen molar-refractivity contribution in [2.45, 2.75) is 20.4 Å². The summed E-state index contributed by atoms with van der Waals surface area (Å²) in [6.45, 7) is 4.99. The number of nitrogens with two attached hydrogens (primary N) is 1. The van der Waals surface area contributed by atoms with E-state index in [0.29, 0.717) is 5.69 Å². The van der Waals surface area contributed by atoms with Gasteiger partial charge < -0.3 is 10.6 Å². The lowest BCUT2D eigenvalue weighted by atomic mass is 10.1. The number of aryl methyl sites for hydroxylation is 2. The highest BCUT2D eigenvalue weighted by Crippen LogP contribution is 2.24. The Morgan fingerprint density at radius 3 is 2.26 bits per heavy atom. The molecule has 0 saturated carbocycles. The van der Waals surface area contributed by atoms with Crippen molar-refractivity contribution in [2.75, 3.05) is 17.7 Å². The maximum Gasteiger partial charge on any atom is 0.0476 e. The van der Waals surface area contributed by atoms with Gasteiger partial charge in [-0.1, -0.05) is 23.7 Å². The highest BCUT2D eigenvalue weighted by molar-refractivity contribution is 6.31. The van der Waals surface area contributed by atoms with Gasteiger partial charge in [-0.05, 0) is 54.8 Å². The van der Waals surface area contributed by atoms with Crippen molar-refractivity contribution in [1.82, 2.24) is 0 Å². The van der Waals surface area contributed by atoms with Crippen molar-refractivity contribution in [3.8, 4) is 0 Å². The SMILES string of the molecule is Cc1cc(C)cc(N(C)Cc2ccc(N)cc2Cl)c1. The Morgan fingerprint density at radius 2 is 1.68 bits per heavy atom. The second-order valence-corrected chi connectivity index (χ2v) is 5.46. The van der Waals surface area contributed by atoms with Crippen molar-refractivity contribution < 1.29 is 0 Å². The number of anilines is 2. The molecule has 0 aliphatic rings. The minimum absolute atomic E-state index is 0.697. The van der Waals surface area contributed by atoms with Crippen LogP contribution < -0.4 is 10.6 Å². The molecule has 0 bridgehead atoms. The molecule has 0 unspecified atom stereocenters. The molecule has 3 heteroatoms. The molecule has 0 atom stereocenters. The molecule has 19 heavy (non-hydrogen) atoms. The highest BCUT2D eigenvalue weighted by Gasteiger charge is 2.07. The Balaban J connectivity index is 2.22. The highest BCUT2D eigenvalue weighted by atomic mass is 35.5. The Bertz CT molecular complexity index is 573. The Hall–Kier alpha value is -1.67. The minimum Gasteiger partial charge on any atom is -0.399 e. The van der Waals surface area contributed by atoms with Crippen molar-refractivity contribution >= 4 is 23.0 Å². The summed E-state index contributed by atoms with van der Waals surface area (Å²) in [6, 6.07) is 12.2. The molecule has 2 N–H and O–H groups in total. The van der Waals surface area contributed by atoms with E-state index >= 15 is 0 Å². The lowest BCUT2D eigenvalue weighted by Gasteiger charge is -2.21. The van der Waals surface area contributed by atoms with Crippen molar-refractivity contribution in [2.24, 2.45) is 0 Å². The van der Waals surface area contributed by atoms with Crippen LogP contribution in [0.2, 0.25) is 5.02 Å². The van der Waals surface area contributed by atoms with Crippen LogP contribution >= 0.6 is 11.6 Å². The normalized spacial score (nSPS) is 10.5. The quantitative estimate of drug-likeness (QED) is 0.851. The molecule has 2 nitrogen and oxygen atoms in total. The molecule has 100 valence electrons. The van der Waals surface area contributed by atoms with E-state index in [1.807, 2.05) is 12.1 Å². The van der Waals surface area contributed by atoms with Gasteiger partial charge in [-0.15, -0.1) is 0 Å². The molecule has 0 aliphatic carbocycles. The van der Waals surface area contributed by atoms with Gasteiger partial charge in [-0.3, -0.25) is 0 Å². The zero-order chi connectivity index (χ0) is 14.0. The first-order valence-corrected chi connectivity index (χ1v) is 6.67. The zero-order valence-electron chi connectivity index (χ0n) is 11.6. The topological polar surface area (TPSA) is 29.3 Å². The summed E-state index contributed by atoms with van der Waals surface area (Å²) < 4.78 is 0. The first kappa shape index (κ1) is 13.8. The van der Waals surface area contributed by atoms with E-state index in [1.54, 1.807) is 6.07 Å². The summed E-state index contributed by atoms with van der Waals surface area (Å²) in [5.74, 6) is 0. The molecular weight excluding hydrogens is 256 g/mol. The van der Waals surface area contributed by atoms with Crippen LogP contribution in [0.4, 0.5) is 11.4 Å². The van der Waals surface area contributed by atoms with Gasteiger partial charge in [0.2, 0.25) is 0 Å². The summed E-state index contributed by atoms with van der Waals surface area (Å²) in [6.07, 6.45) is 0. The molecule has 2 aromatic carbocycles. The minimum atomic E-state index is 0.697. The number of hydrogen-bond donors (Lipinski definition) is 1. The van der Waals surface area contributed by atoms with Crippen LogP contribution in [-0.4, -0.2) is 7.05 Å². The molecule has 0 spiro atoms. The number of rotatable bonds is 3. The average Bonchev–Trinajstić information content (AvgIpc) is 2.31. The van der Waals surface area contributed by atoms with Crippen LogP contribution in [0.5, 0.6) is 0 Å². The molecule has 0 radical (unpaired) electrons. The maximum absolute atomic E-state index is 6.22. The second-order valence-electron chi connectivity index (χ2n) is 5.05. The second kappa shape index (κ2) is 5.54. The van der Waals surface area contributed by atoms with Gasteiger partial charge in [0, 0.05) is 30.0 Å². The molecule has 0 aliphatic heterocycles. The van der Waals surface area contributed by atoms with Crippen molar-refractivity contribution in [3.05, 3.63) is 58.1 Å². The van der Waals surface area contributed by atoms with Crippen LogP contribution in [0.3, 0.4) is 0 Å². The van der Waals surface area contributed by atoms with Crippen LogP contribution in [0, 0.1) is 13.8 Å². The molecule has 0 heterocycles. The fourth-order valence-electron chi connectivity index (χ4n) is 2.21. The molecular formula is C16H19ClN2. The summed E-state index contributed by atoms with van der Waals surface area (Å²) in [5.41, 5.74) is 11.2. The number of nitrogen functional groups attached to an aromatic ring is 1. The third-order valence-corrected chi connectivity index (χ3v) is 3.48. The Labute approximate surface area is 119 Å². The molecule has 0 amide bonds. The molecule has 2 aromatic rings. The lowest BCUT2D eigenvalue weighted by molar-refractivity contribution is 0.921. The third-order valence-electron chi connectivity index (χ3n) is 3.13. The van der Waals surface area contributed by atoms with E-state index in [9.17, 15) is 0 Å². The first-order chi connectivity index (χ1) is 8.95. The van der Waals surface area contributed by atoms with E-state index in [-0.39, 0.29) is 0 Å². The van der Waals surface area contributed by atoms with E-state index in [0.717, 1.165) is 17.1 Å². The first-order valence-electron chi connectivity index (χ1n) is 6.29. The number of benzene rings is 2. The maximum atomic E-state index is 6.22. The summed E-state index contributed by atoms with van der Waals surface area (Å²) in [5, 5.41) is 0.719. The molecule has 0 fully saturated rings. The Kier molecular flexibility index (Phi) is 4.01. The third kappa shape index (κ3) is 3.42. The van der Waals surface area contributed by atoms with E-state index in [4.69, 9.17) is 17.3 Å². The number of nitrogens with zero attached hydrogens (tertiary/aromatic N) is 1. The van der Waals surface area contributed by atoms with Crippen LogP contribution in [0.15, 0.2) is 36.4 Å². The van der Waals surface area contributed by atoms with Gasteiger partial charge in [0.05, 0.1) is 0 Å². The van der Waals surface area contributed by atoms with Gasteiger partial charge in [0.25, 0.3) is 0 Å². The lowest BCUT2D eigenvalue weighted by Crippen LogP contribution is -2.17. The predicted octanol–water partition coefficient (Wildman–Crippen LogP) is 4.18. The van der Waals surface area contributed by atoms with Crippen molar-refractivity contribution in [1.29, 1.82) is 0 Å². The smallest absolute Gasteiger partial charge is 0.0476 e. The standard InChI is InChI=1S/C16H19ClN2/c1-11-6-12(2)8-15(7-11)19(3)10-13-4-5-14(18)9-16(13)17/h4-9H,10,18H2,1-3H3. The van der Waals surface area contributed by atoms with E-state index in [2.05, 4.69) is 44.0 Å². The fraction of sp³-hybridized carbons (Fsp3) is 0.250. The number of hydrogen-bond acceptors (Lipinski definition) is 2. The van der Waals surface area contributed by atoms with Crippen LogP contribution in [-0.2, 0) is 6.54 Å². The molecule has 2 rings (SSSR count). The van der Waals surface area contributed by atoms with E-state index < -0.39 is 0 Å². The fourth-order valence-corrected chi connectivity index (χ4v) is 2.46. The zero-order valence-corrected chi connectivity index (χ0v) is 12.3. The number of halogens is 1. The van der Waals surface area contributed by atoms with E-state index in [1.165, 1.54) is 16.8 Å². The van der Waals surface area contributed by atoms with Crippen molar-refractivity contribution in [3.63, 3.8) is 0 Å². The van der Waals surface area contributed by atoms with Crippen LogP contribution in [0.25, 0.3) is 0 Å². The summed E-state index contributed by atoms with van der Waals surface area (Å²) >= 11 is 6.22. The largest absolute Gasteiger partial charge is 0.399 e. The van der Waals surface area contributed by atoms with Gasteiger partial charge >= 0.3 is 0 Å². The average molecular weight is 275 g/mol. The van der Waals surface area contributed by atoms with Crippen LogP contribution in [0.1, 0.15) is 16.7 Å². The van der Waals surface area contributed by atoms with Gasteiger partial charge in [-0.2, -0.15) is 0 Å². The summed E-state index contributed by atoms with van der Waals surface area (Å²) in [4.78, 5) is 2.19. The summed E-state index contributed by atoms with van der Waals surface area (Å²) in [7, 11) is 2.07. The Morgan fingerprint density at radius 1 is 1.05 bits per heavy atom. The monoisotopic (exact) mass is 274 g/mol. The molecule has 0 aromatic heterocycles. The van der Waals surface area contributed by atoms with Gasteiger partial charge in [0.1, 0.15) is 0 Å². The predicted molar refractivity (Wildman–Crippen MR) is 83.9 cm³/mol. The molecule has 0 saturated heterocycles. The van der Waals surface area contributed by atoms with Gasteiger partial charge in [-0.25, -0.2) is 0 Å².